The van der Waals surface area contributed by atoms with Crippen molar-refractivity contribution in [1.29, 1.82) is 0 Å². The molecule has 0 aromatic rings. The Labute approximate surface area is 183 Å². The lowest BCUT2D eigenvalue weighted by molar-refractivity contribution is -0.138. The van der Waals surface area contributed by atoms with Gasteiger partial charge in [-0.15, -0.1) is 0 Å². The summed E-state index contributed by atoms with van der Waals surface area (Å²) >= 11 is 0. The molecule has 0 heterocycles. The third kappa shape index (κ3) is 9.67. The molecule has 3 aliphatic rings. The zero-order valence-electron chi connectivity index (χ0n) is 19.5. The van der Waals surface area contributed by atoms with Crippen molar-refractivity contribution in [2.45, 2.75) is 134 Å². The van der Waals surface area contributed by atoms with Crippen LogP contribution in [-0.4, -0.2) is 52.3 Å². The van der Waals surface area contributed by atoms with Crippen LogP contribution in [-0.2, 0) is 9.53 Å². The number of carboxylic acids is 1. The fourth-order valence-electron chi connectivity index (χ4n) is 4.90. The summed E-state index contributed by atoms with van der Waals surface area (Å²) in [4.78, 5) is 24.1. The van der Waals surface area contributed by atoms with Crippen LogP contribution in [0.3, 0.4) is 0 Å². The summed E-state index contributed by atoms with van der Waals surface area (Å²) in [6.07, 6.45) is 17.9. The van der Waals surface area contributed by atoms with E-state index < -0.39 is 17.7 Å². The normalized spacial score (nSPS) is 21.6. The average Bonchev–Trinajstić information content (AvgIpc) is 3.21. The number of rotatable bonds is 5. The SMILES string of the molecule is C1CCC(NC2CCCCC2)CC1.CC(C)(C)OC(=O)N(CC(=O)O)C1CCCC1. The van der Waals surface area contributed by atoms with E-state index in [2.05, 4.69) is 5.32 Å². The predicted molar refractivity (Wildman–Crippen MR) is 120 cm³/mol. The molecule has 6 nitrogen and oxygen atoms in total. The van der Waals surface area contributed by atoms with E-state index in [-0.39, 0.29) is 12.6 Å². The van der Waals surface area contributed by atoms with Crippen molar-refractivity contribution < 1.29 is 19.4 Å². The molecule has 1 amide bonds. The van der Waals surface area contributed by atoms with Gasteiger partial charge in [0.25, 0.3) is 0 Å². The molecule has 0 spiro atoms. The van der Waals surface area contributed by atoms with Crippen LogP contribution >= 0.6 is 0 Å². The Morgan fingerprint density at radius 2 is 1.27 bits per heavy atom. The van der Waals surface area contributed by atoms with Crippen molar-refractivity contribution in [3.63, 3.8) is 0 Å². The molecule has 2 N–H and O–H groups in total. The van der Waals surface area contributed by atoms with Crippen molar-refractivity contribution in [3.8, 4) is 0 Å². The molecule has 0 radical (unpaired) electrons. The third-order valence-electron chi connectivity index (χ3n) is 6.38. The van der Waals surface area contributed by atoms with Gasteiger partial charge in [-0.05, 0) is 59.3 Å². The number of carboxylic acid groups (broad SMARTS) is 1. The minimum atomic E-state index is -0.997. The Balaban J connectivity index is 0.000000220. The van der Waals surface area contributed by atoms with E-state index in [1.54, 1.807) is 20.8 Å². The zero-order valence-corrected chi connectivity index (χ0v) is 19.5. The molecule has 174 valence electrons. The van der Waals surface area contributed by atoms with Gasteiger partial charge in [-0.1, -0.05) is 51.4 Å². The highest BCUT2D eigenvalue weighted by atomic mass is 16.6. The van der Waals surface area contributed by atoms with E-state index in [0.717, 1.165) is 37.8 Å². The summed E-state index contributed by atoms with van der Waals surface area (Å²) in [5.74, 6) is -0.997. The summed E-state index contributed by atoms with van der Waals surface area (Å²) in [6, 6.07) is 1.76. The van der Waals surface area contributed by atoms with Gasteiger partial charge in [-0.25, -0.2) is 4.79 Å². The van der Waals surface area contributed by atoms with Crippen LogP contribution in [0.25, 0.3) is 0 Å². The highest BCUT2D eigenvalue weighted by Crippen LogP contribution is 2.25. The number of carbonyl (C=O) groups excluding carboxylic acids is 1. The maximum atomic E-state index is 11.9. The molecule has 3 aliphatic carbocycles. The Hall–Kier alpha value is -1.30. The lowest BCUT2D eigenvalue weighted by Crippen LogP contribution is -2.44. The average molecular weight is 425 g/mol. The number of ether oxygens (including phenoxy) is 1. The van der Waals surface area contributed by atoms with Crippen molar-refractivity contribution in [2.75, 3.05) is 6.54 Å². The minimum Gasteiger partial charge on any atom is -0.480 e. The van der Waals surface area contributed by atoms with E-state index in [9.17, 15) is 9.59 Å². The van der Waals surface area contributed by atoms with Crippen molar-refractivity contribution in [3.05, 3.63) is 0 Å². The van der Waals surface area contributed by atoms with Gasteiger partial charge in [-0.2, -0.15) is 0 Å². The fraction of sp³-hybridized carbons (Fsp3) is 0.917. The monoisotopic (exact) mass is 424 g/mol. The Bertz CT molecular complexity index is 498. The third-order valence-corrected chi connectivity index (χ3v) is 6.38. The van der Waals surface area contributed by atoms with E-state index in [0.29, 0.717) is 0 Å². The number of nitrogens with zero attached hydrogens (tertiary/aromatic N) is 1. The van der Waals surface area contributed by atoms with Gasteiger partial charge in [0, 0.05) is 18.1 Å². The van der Waals surface area contributed by atoms with Gasteiger partial charge in [0.2, 0.25) is 0 Å². The Kier molecular flexibility index (Phi) is 10.4. The van der Waals surface area contributed by atoms with Crippen LogP contribution in [0.5, 0.6) is 0 Å². The van der Waals surface area contributed by atoms with Crippen LogP contribution < -0.4 is 5.32 Å². The predicted octanol–water partition coefficient (Wildman–Crippen LogP) is 5.49. The van der Waals surface area contributed by atoms with Gasteiger partial charge in [0.1, 0.15) is 12.1 Å². The quantitative estimate of drug-likeness (QED) is 0.610. The van der Waals surface area contributed by atoms with Gasteiger partial charge < -0.3 is 15.2 Å². The van der Waals surface area contributed by atoms with E-state index >= 15 is 0 Å². The highest BCUT2D eigenvalue weighted by molar-refractivity contribution is 5.77. The fourth-order valence-corrected chi connectivity index (χ4v) is 4.90. The molecule has 3 saturated carbocycles. The molecule has 0 atom stereocenters. The molecule has 0 saturated heterocycles. The second-order valence-electron chi connectivity index (χ2n) is 10.3. The topological polar surface area (TPSA) is 78.9 Å². The molecule has 0 aromatic heterocycles. The van der Waals surface area contributed by atoms with Crippen LogP contribution in [0.4, 0.5) is 4.79 Å². The molecule has 30 heavy (non-hydrogen) atoms. The lowest BCUT2D eigenvalue weighted by atomic mass is 9.91. The number of amides is 1. The second-order valence-corrected chi connectivity index (χ2v) is 10.3. The summed E-state index contributed by atoms with van der Waals surface area (Å²) in [5, 5.41) is 12.7. The summed E-state index contributed by atoms with van der Waals surface area (Å²) < 4.78 is 5.24. The molecule has 0 aromatic carbocycles. The smallest absolute Gasteiger partial charge is 0.411 e. The maximum absolute atomic E-state index is 11.9. The van der Waals surface area contributed by atoms with E-state index in [1.807, 2.05) is 0 Å². The van der Waals surface area contributed by atoms with E-state index in [4.69, 9.17) is 9.84 Å². The number of hydrogen-bond acceptors (Lipinski definition) is 4. The van der Waals surface area contributed by atoms with Gasteiger partial charge in [0.15, 0.2) is 0 Å². The van der Waals surface area contributed by atoms with Crippen molar-refractivity contribution in [2.24, 2.45) is 0 Å². The molecule has 6 heteroatoms. The summed E-state index contributed by atoms with van der Waals surface area (Å²) in [5.41, 5.74) is -0.591. The highest BCUT2D eigenvalue weighted by Gasteiger charge is 2.31. The molecular weight excluding hydrogens is 380 g/mol. The van der Waals surface area contributed by atoms with Crippen LogP contribution in [0.2, 0.25) is 0 Å². The number of carbonyl (C=O) groups is 2. The molecule has 0 unspecified atom stereocenters. The first-order chi connectivity index (χ1) is 14.2. The van der Waals surface area contributed by atoms with E-state index in [1.165, 1.54) is 69.1 Å². The molecular formula is C24H44N2O4. The second kappa shape index (κ2) is 12.5. The number of nitrogens with one attached hydrogen (secondary N) is 1. The first-order valence-corrected chi connectivity index (χ1v) is 12.2. The van der Waals surface area contributed by atoms with Gasteiger partial charge >= 0.3 is 12.1 Å². The van der Waals surface area contributed by atoms with Crippen LogP contribution in [0, 0.1) is 0 Å². The summed E-state index contributed by atoms with van der Waals surface area (Å²) in [6.45, 7) is 5.05. The Morgan fingerprint density at radius 1 is 0.833 bits per heavy atom. The number of hydrogen-bond donors (Lipinski definition) is 2. The van der Waals surface area contributed by atoms with Gasteiger partial charge in [0.05, 0.1) is 0 Å². The first-order valence-electron chi connectivity index (χ1n) is 12.2. The minimum absolute atomic E-state index is 0.0148. The zero-order chi connectivity index (χ0) is 22.0. The molecule has 3 fully saturated rings. The lowest BCUT2D eigenvalue weighted by Gasteiger charge is -2.30. The van der Waals surface area contributed by atoms with Crippen molar-refractivity contribution in [1.82, 2.24) is 10.2 Å². The first kappa shape index (κ1) is 25.0. The molecule has 0 bridgehead atoms. The Morgan fingerprint density at radius 3 is 1.67 bits per heavy atom. The maximum Gasteiger partial charge on any atom is 0.411 e. The molecule has 0 aliphatic heterocycles. The number of aliphatic carboxylic acids is 1. The van der Waals surface area contributed by atoms with Gasteiger partial charge in [-0.3, -0.25) is 9.69 Å². The largest absolute Gasteiger partial charge is 0.480 e. The standard InChI is InChI=1S/C12H21NO4.C12H23N/c1-12(2,3)17-11(16)13(8-10(14)15)9-6-4-5-7-9;1-3-7-11(8-4-1)13-12-9-5-2-6-10-12/h9H,4-8H2,1-3H3,(H,14,15);11-13H,1-10H2. The van der Waals surface area contributed by atoms with Crippen LogP contribution in [0.15, 0.2) is 0 Å². The van der Waals surface area contributed by atoms with Crippen LogP contribution in [0.1, 0.15) is 111 Å². The van der Waals surface area contributed by atoms with Crippen molar-refractivity contribution >= 4 is 12.1 Å². The summed E-state index contributed by atoms with van der Waals surface area (Å²) in [7, 11) is 0. The molecule has 3 rings (SSSR count).